The Morgan fingerprint density at radius 3 is 2.75 bits per heavy atom. The van der Waals surface area contributed by atoms with E-state index in [9.17, 15) is 4.79 Å². The minimum atomic E-state index is 0.0600. The molecule has 20 heavy (non-hydrogen) atoms. The van der Waals surface area contributed by atoms with Gasteiger partial charge in [0.25, 0.3) is 0 Å². The number of carbonyl (C=O) groups excluding carboxylic acids is 1. The van der Waals surface area contributed by atoms with E-state index in [0.717, 1.165) is 36.9 Å². The Morgan fingerprint density at radius 1 is 1.45 bits per heavy atom. The SMILES string of the molecule is CC(=O)NCC1CCN(c2cccc(Br)c2CN)CC1. The van der Waals surface area contributed by atoms with Gasteiger partial charge < -0.3 is 16.0 Å². The van der Waals surface area contributed by atoms with Crippen molar-refractivity contribution in [3.63, 3.8) is 0 Å². The van der Waals surface area contributed by atoms with E-state index in [2.05, 4.69) is 38.3 Å². The summed E-state index contributed by atoms with van der Waals surface area (Å²) in [5, 5.41) is 2.92. The van der Waals surface area contributed by atoms with Gasteiger partial charge in [0.05, 0.1) is 0 Å². The predicted molar refractivity (Wildman–Crippen MR) is 85.7 cm³/mol. The minimum absolute atomic E-state index is 0.0600. The zero-order valence-corrected chi connectivity index (χ0v) is 13.4. The summed E-state index contributed by atoms with van der Waals surface area (Å²) in [6.07, 6.45) is 2.22. The summed E-state index contributed by atoms with van der Waals surface area (Å²) < 4.78 is 1.08. The maximum atomic E-state index is 11.0. The molecule has 0 spiro atoms. The molecule has 4 nitrogen and oxygen atoms in total. The highest BCUT2D eigenvalue weighted by atomic mass is 79.9. The molecular formula is C15H22BrN3O. The fourth-order valence-electron chi connectivity index (χ4n) is 2.71. The largest absolute Gasteiger partial charge is 0.371 e. The van der Waals surface area contributed by atoms with E-state index in [4.69, 9.17) is 5.73 Å². The van der Waals surface area contributed by atoms with Crippen molar-refractivity contribution in [1.29, 1.82) is 0 Å². The van der Waals surface area contributed by atoms with Crippen molar-refractivity contribution in [2.24, 2.45) is 11.7 Å². The molecule has 0 aromatic heterocycles. The number of nitrogens with zero attached hydrogens (tertiary/aromatic N) is 1. The lowest BCUT2D eigenvalue weighted by Crippen LogP contribution is -2.38. The molecule has 0 atom stereocenters. The third-order valence-electron chi connectivity index (χ3n) is 3.89. The van der Waals surface area contributed by atoms with Crippen LogP contribution in [0, 0.1) is 5.92 Å². The highest BCUT2D eigenvalue weighted by molar-refractivity contribution is 9.10. The van der Waals surface area contributed by atoms with Gasteiger partial charge in [0.1, 0.15) is 0 Å². The summed E-state index contributed by atoms with van der Waals surface area (Å²) in [7, 11) is 0. The maximum absolute atomic E-state index is 11.0. The monoisotopic (exact) mass is 339 g/mol. The van der Waals surface area contributed by atoms with Crippen LogP contribution >= 0.6 is 15.9 Å². The first-order chi connectivity index (χ1) is 9.61. The Balaban J connectivity index is 1.97. The van der Waals surface area contributed by atoms with Gasteiger partial charge in [-0.15, -0.1) is 0 Å². The molecule has 110 valence electrons. The van der Waals surface area contributed by atoms with Gasteiger partial charge in [-0.25, -0.2) is 0 Å². The lowest BCUT2D eigenvalue weighted by atomic mass is 9.96. The average Bonchev–Trinajstić information content (AvgIpc) is 2.45. The van der Waals surface area contributed by atoms with Gasteiger partial charge in [0, 0.05) is 48.8 Å². The number of benzene rings is 1. The molecule has 1 fully saturated rings. The molecule has 0 saturated carbocycles. The van der Waals surface area contributed by atoms with Crippen LogP contribution in [0.4, 0.5) is 5.69 Å². The molecule has 1 aliphatic rings. The number of rotatable bonds is 4. The smallest absolute Gasteiger partial charge is 0.216 e. The number of amides is 1. The number of hydrogen-bond donors (Lipinski definition) is 2. The summed E-state index contributed by atoms with van der Waals surface area (Å²) in [5.74, 6) is 0.647. The molecule has 2 rings (SSSR count). The number of carbonyl (C=O) groups is 1. The van der Waals surface area contributed by atoms with Gasteiger partial charge in [-0.05, 0) is 30.9 Å². The van der Waals surface area contributed by atoms with Crippen molar-refractivity contribution in [1.82, 2.24) is 5.32 Å². The summed E-state index contributed by atoms with van der Waals surface area (Å²) in [6, 6.07) is 6.23. The van der Waals surface area contributed by atoms with E-state index >= 15 is 0 Å². The Morgan fingerprint density at radius 2 is 2.15 bits per heavy atom. The fraction of sp³-hybridized carbons (Fsp3) is 0.533. The van der Waals surface area contributed by atoms with Gasteiger partial charge >= 0.3 is 0 Å². The number of piperidine rings is 1. The van der Waals surface area contributed by atoms with Crippen LogP contribution in [0.15, 0.2) is 22.7 Å². The molecule has 0 radical (unpaired) electrons. The quantitative estimate of drug-likeness (QED) is 0.884. The summed E-state index contributed by atoms with van der Waals surface area (Å²) >= 11 is 3.57. The Kier molecular flexibility index (Phi) is 5.43. The summed E-state index contributed by atoms with van der Waals surface area (Å²) in [5.41, 5.74) is 8.27. The second kappa shape index (κ2) is 7.09. The second-order valence-electron chi connectivity index (χ2n) is 5.31. The van der Waals surface area contributed by atoms with Crippen LogP contribution in [-0.4, -0.2) is 25.5 Å². The number of hydrogen-bond acceptors (Lipinski definition) is 3. The van der Waals surface area contributed by atoms with Crippen LogP contribution in [0.5, 0.6) is 0 Å². The van der Waals surface area contributed by atoms with Gasteiger partial charge in [0.15, 0.2) is 0 Å². The molecule has 1 aliphatic heterocycles. The van der Waals surface area contributed by atoms with Crippen LogP contribution in [0.1, 0.15) is 25.3 Å². The molecule has 3 N–H and O–H groups in total. The number of halogens is 1. The lowest BCUT2D eigenvalue weighted by Gasteiger charge is -2.35. The molecular weight excluding hydrogens is 318 g/mol. The van der Waals surface area contributed by atoms with Crippen LogP contribution in [0.25, 0.3) is 0 Å². The topological polar surface area (TPSA) is 58.4 Å². The van der Waals surface area contributed by atoms with Crippen molar-refractivity contribution in [3.8, 4) is 0 Å². The molecule has 0 unspecified atom stereocenters. The molecule has 5 heteroatoms. The van der Waals surface area contributed by atoms with Crippen molar-refractivity contribution in [2.45, 2.75) is 26.3 Å². The zero-order valence-electron chi connectivity index (χ0n) is 11.9. The standard InChI is InChI=1S/C15H22BrN3O/c1-11(20)18-10-12-5-7-19(8-6-12)15-4-2-3-14(16)13(15)9-17/h2-4,12H,5-10,17H2,1H3,(H,18,20). The summed E-state index contributed by atoms with van der Waals surface area (Å²) in [6.45, 7) is 4.96. The van der Waals surface area contributed by atoms with Gasteiger partial charge in [0.2, 0.25) is 5.91 Å². The van der Waals surface area contributed by atoms with Crippen LogP contribution in [0.3, 0.4) is 0 Å². The predicted octanol–water partition coefficient (Wildman–Crippen LogP) is 2.26. The van der Waals surface area contributed by atoms with Crippen molar-refractivity contribution in [3.05, 3.63) is 28.2 Å². The van der Waals surface area contributed by atoms with Crippen molar-refractivity contribution >= 4 is 27.5 Å². The van der Waals surface area contributed by atoms with E-state index in [-0.39, 0.29) is 5.91 Å². The van der Waals surface area contributed by atoms with Crippen molar-refractivity contribution in [2.75, 3.05) is 24.5 Å². The average molecular weight is 340 g/mol. The van der Waals surface area contributed by atoms with Crippen LogP contribution in [0.2, 0.25) is 0 Å². The van der Waals surface area contributed by atoms with E-state index in [1.807, 2.05) is 6.07 Å². The van der Waals surface area contributed by atoms with E-state index in [1.54, 1.807) is 6.92 Å². The molecule has 1 saturated heterocycles. The normalized spacial score (nSPS) is 16.2. The molecule has 1 heterocycles. The van der Waals surface area contributed by atoms with Crippen molar-refractivity contribution < 1.29 is 4.79 Å². The fourth-order valence-corrected chi connectivity index (χ4v) is 3.23. The Hall–Kier alpha value is -1.07. The molecule has 0 aliphatic carbocycles. The third-order valence-corrected chi connectivity index (χ3v) is 4.64. The van der Waals surface area contributed by atoms with Gasteiger partial charge in [-0.1, -0.05) is 22.0 Å². The molecule has 0 bridgehead atoms. The van der Waals surface area contributed by atoms with Crippen LogP contribution < -0.4 is 16.0 Å². The Bertz CT molecular complexity index is 470. The van der Waals surface area contributed by atoms with E-state index in [0.29, 0.717) is 12.5 Å². The first kappa shape index (κ1) is 15.3. The van der Waals surface area contributed by atoms with Gasteiger partial charge in [-0.3, -0.25) is 4.79 Å². The minimum Gasteiger partial charge on any atom is -0.371 e. The Labute approximate surface area is 128 Å². The number of nitrogens with two attached hydrogens (primary N) is 1. The molecule has 1 amide bonds. The number of nitrogens with one attached hydrogen (secondary N) is 1. The van der Waals surface area contributed by atoms with Crippen LogP contribution in [-0.2, 0) is 11.3 Å². The molecule has 1 aromatic rings. The third kappa shape index (κ3) is 3.73. The summed E-state index contributed by atoms with van der Waals surface area (Å²) in [4.78, 5) is 13.4. The maximum Gasteiger partial charge on any atom is 0.216 e. The highest BCUT2D eigenvalue weighted by Crippen LogP contribution is 2.30. The number of anilines is 1. The van der Waals surface area contributed by atoms with E-state index in [1.165, 1.54) is 11.3 Å². The second-order valence-corrected chi connectivity index (χ2v) is 6.16. The molecule has 1 aromatic carbocycles. The first-order valence-electron chi connectivity index (χ1n) is 7.08. The highest BCUT2D eigenvalue weighted by Gasteiger charge is 2.21. The lowest BCUT2D eigenvalue weighted by molar-refractivity contribution is -0.119. The first-order valence-corrected chi connectivity index (χ1v) is 7.88. The van der Waals surface area contributed by atoms with E-state index < -0.39 is 0 Å². The zero-order chi connectivity index (χ0) is 14.5. The van der Waals surface area contributed by atoms with Gasteiger partial charge in [-0.2, -0.15) is 0 Å².